The molecule has 1 aliphatic rings. The van der Waals surface area contributed by atoms with Gasteiger partial charge in [-0.1, -0.05) is 22.9 Å². The predicted octanol–water partition coefficient (Wildman–Crippen LogP) is 1.41. The van der Waals surface area contributed by atoms with Gasteiger partial charge in [0.2, 0.25) is 5.91 Å². The van der Waals surface area contributed by atoms with Crippen molar-refractivity contribution in [2.75, 3.05) is 19.7 Å². The topological polar surface area (TPSA) is 29.5 Å². The molecular weight excluding hydrogens is 234 g/mol. The molecule has 1 aliphatic heterocycles. The molecule has 0 aromatic carbocycles. The van der Waals surface area contributed by atoms with Gasteiger partial charge < -0.3 is 9.64 Å². The molecule has 1 fully saturated rings. The van der Waals surface area contributed by atoms with Gasteiger partial charge in [0.1, 0.15) is 0 Å². The van der Waals surface area contributed by atoms with Crippen LogP contribution in [0.5, 0.6) is 0 Å². The van der Waals surface area contributed by atoms with E-state index < -0.39 is 0 Å². The molecule has 13 heavy (non-hydrogen) atoms. The van der Waals surface area contributed by atoms with Crippen LogP contribution in [-0.2, 0) is 9.53 Å². The van der Waals surface area contributed by atoms with Crippen LogP contribution in [0.15, 0.2) is 0 Å². The molecule has 1 saturated heterocycles. The van der Waals surface area contributed by atoms with Gasteiger partial charge in [-0.05, 0) is 13.3 Å². The van der Waals surface area contributed by atoms with Gasteiger partial charge in [-0.25, -0.2) is 0 Å². The van der Waals surface area contributed by atoms with Crippen LogP contribution in [0.2, 0.25) is 0 Å². The second kappa shape index (κ2) is 4.96. The minimum absolute atomic E-state index is 0.0298. The first kappa shape index (κ1) is 11.0. The van der Waals surface area contributed by atoms with Crippen LogP contribution >= 0.6 is 15.9 Å². The number of amides is 1. The smallest absolute Gasteiger partial charge is 0.236 e. The summed E-state index contributed by atoms with van der Waals surface area (Å²) in [7, 11) is 0. The molecule has 1 rings (SSSR count). The maximum Gasteiger partial charge on any atom is 0.236 e. The number of halogens is 1. The van der Waals surface area contributed by atoms with E-state index in [-0.39, 0.29) is 16.8 Å². The first-order valence-corrected chi connectivity index (χ1v) is 5.61. The number of carbonyl (C=O) groups is 1. The zero-order valence-corrected chi connectivity index (χ0v) is 9.71. The van der Waals surface area contributed by atoms with Gasteiger partial charge >= 0.3 is 0 Å². The standard InChI is InChI=1S/C9H16BrNO2/c1-3-8(10)9(12)11-4-5-13-7(2)6-11/h7-8H,3-6H2,1-2H3. The van der Waals surface area contributed by atoms with E-state index >= 15 is 0 Å². The van der Waals surface area contributed by atoms with E-state index in [0.717, 1.165) is 19.5 Å². The van der Waals surface area contributed by atoms with E-state index in [1.165, 1.54) is 0 Å². The molecular formula is C9H16BrNO2. The molecule has 0 N–H and O–H groups in total. The molecule has 0 aliphatic carbocycles. The van der Waals surface area contributed by atoms with Gasteiger partial charge in [-0.3, -0.25) is 4.79 Å². The van der Waals surface area contributed by atoms with Crippen molar-refractivity contribution in [2.24, 2.45) is 0 Å². The van der Waals surface area contributed by atoms with Crippen LogP contribution < -0.4 is 0 Å². The van der Waals surface area contributed by atoms with Crippen LogP contribution in [0.3, 0.4) is 0 Å². The third kappa shape index (κ3) is 2.95. The summed E-state index contributed by atoms with van der Waals surface area (Å²) < 4.78 is 5.36. The lowest BCUT2D eigenvalue weighted by molar-refractivity contribution is -0.137. The molecule has 4 heteroatoms. The minimum atomic E-state index is -0.0298. The van der Waals surface area contributed by atoms with Crippen molar-refractivity contribution in [3.8, 4) is 0 Å². The van der Waals surface area contributed by atoms with Gasteiger partial charge in [0.05, 0.1) is 17.5 Å². The summed E-state index contributed by atoms with van der Waals surface area (Å²) in [5, 5.41) is 0. The molecule has 1 amide bonds. The fourth-order valence-corrected chi connectivity index (χ4v) is 1.68. The highest BCUT2D eigenvalue weighted by molar-refractivity contribution is 9.10. The van der Waals surface area contributed by atoms with Crippen LogP contribution in [-0.4, -0.2) is 41.4 Å². The van der Waals surface area contributed by atoms with Crippen molar-refractivity contribution < 1.29 is 9.53 Å². The Morgan fingerprint density at radius 1 is 1.77 bits per heavy atom. The largest absolute Gasteiger partial charge is 0.375 e. The average molecular weight is 250 g/mol. The van der Waals surface area contributed by atoms with Gasteiger partial charge in [0, 0.05) is 13.1 Å². The fourth-order valence-electron chi connectivity index (χ4n) is 1.39. The number of rotatable bonds is 2. The van der Waals surface area contributed by atoms with E-state index in [4.69, 9.17) is 4.74 Å². The van der Waals surface area contributed by atoms with Crippen molar-refractivity contribution in [1.29, 1.82) is 0 Å². The number of ether oxygens (including phenoxy) is 1. The fraction of sp³-hybridized carbons (Fsp3) is 0.889. The first-order valence-electron chi connectivity index (χ1n) is 4.69. The molecule has 2 atom stereocenters. The van der Waals surface area contributed by atoms with Gasteiger partial charge in [0.25, 0.3) is 0 Å². The number of nitrogens with zero attached hydrogens (tertiary/aromatic N) is 1. The Labute approximate surface area is 87.6 Å². The van der Waals surface area contributed by atoms with E-state index in [1.54, 1.807) is 0 Å². The van der Waals surface area contributed by atoms with Crippen molar-refractivity contribution in [2.45, 2.75) is 31.2 Å². The predicted molar refractivity (Wildman–Crippen MR) is 55.0 cm³/mol. The van der Waals surface area contributed by atoms with Crippen molar-refractivity contribution in [1.82, 2.24) is 4.90 Å². The first-order chi connectivity index (χ1) is 6.15. The number of alkyl halides is 1. The minimum Gasteiger partial charge on any atom is -0.375 e. The highest BCUT2D eigenvalue weighted by atomic mass is 79.9. The lowest BCUT2D eigenvalue weighted by Gasteiger charge is -2.32. The molecule has 0 bridgehead atoms. The number of hydrogen-bond acceptors (Lipinski definition) is 2. The summed E-state index contributed by atoms with van der Waals surface area (Å²) in [6.07, 6.45) is 1.01. The lowest BCUT2D eigenvalue weighted by Crippen LogP contribution is -2.47. The highest BCUT2D eigenvalue weighted by Gasteiger charge is 2.24. The Bertz CT molecular complexity index is 186. The zero-order chi connectivity index (χ0) is 9.84. The van der Waals surface area contributed by atoms with Gasteiger partial charge in [0.15, 0.2) is 0 Å². The quantitative estimate of drug-likeness (QED) is 0.693. The van der Waals surface area contributed by atoms with Crippen LogP contribution in [0.1, 0.15) is 20.3 Å². The molecule has 1 heterocycles. The van der Waals surface area contributed by atoms with Crippen molar-refractivity contribution in [3.05, 3.63) is 0 Å². The van der Waals surface area contributed by atoms with Crippen LogP contribution in [0, 0.1) is 0 Å². The Kier molecular flexibility index (Phi) is 4.19. The van der Waals surface area contributed by atoms with Gasteiger partial charge in [-0.2, -0.15) is 0 Å². The number of morpholine rings is 1. The molecule has 3 nitrogen and oxygen atoms in total. The Morgan fingerprint density at radius 3 is 3.00 bits per heavy atom. The summed E-state index contributed by atoms with van der Waals surface area (Å²) in [4.78, 5) is 13.5. The van der Waals surface area contributed by atoms with E-state index in [1.807, 2.05) is 18.7 Å². The summed E-state index contributed by atoms with van der Waals surface area (Å²) in [5.74, 6) is 0.192. The van der Waals surface area contributed by atoms with Crippen molar-refractivity contribution >= 4 is 21.8 Å². The SMILES string of the molecule is CCC(Br)C(=O)N1CCOC(C)C1. The number of hydrogen-bond donors (Lipinski definition) is 0. The third-order valence-electron chi connectivity index (χ3n) is 2.18. The highest BCUT2D eigenvalue weighted by Crippen LogP contribution is 2.12. The molecule has 0 aromatic heterocycles. The second-order valence-electron chi connectivity index (χ2n) is 3.34. The van der Waals surface area contributed by atoms with Gasteiger partial charge in [-0.15, -0.1) is 0 Å². The molecule has 0 saturated carbocycles. The Balaban J connectivity index is 2.46. The summed E-state index contributed by atoms with van der Waals surface area (Å²) in [5.41, 5.74) is 0. The average Bonchev–Trinajstić information content (AvgIpc) is 2.15. The lowest BCUT2D eigenvalue weighted by atomic mass is 10.2. The summed E-state index contributed by atoms with van der Waals surface area (Å²) in [6, 6.07) is 0. The van der Waals surface area contributed by atoms with E-state index in [9.17, 15) is 4.79 Å². The van der Waals surface area contributed by atoms with Crippen LogP contribution in [0.4, 0.5) is 0 Å². The Hall–Kier alpha value is -0.0900. The maximum absolute atomic E-state index is 11.7. The summed E-state index contributed by atoms with van der Waals surface area (Å²) >= 11 is 3.37. The van der Waals surface area contributed by atoms with Crippen LogP contribution in [0.25, 0.3) is 0 Å². The summed E-state index contributed by atoms with van der Waals surface area (Å²) in [6.45, 7) is 6.11. The van der Waals surface area contributed by atoms with Crippen molar-refractivity contribution in [3.63, 3.8) is 0 Å². The third-order valence-corrected chi connectivity index (χ3v) is 3.22. The number of carbonyl (C=O) groups excluding carboxylic acids is 1. The Morgan fingerprint density at radius 2 is 2.46 bits per heavy atom. The maximum atomic E-state index is 11.7. The molecule has 0 radical (unpaired) electrons. The molecule has 0 aromatic rings. The molecule has 2 unspecified atom stereocenters. The molecule has 0 spiro atoms. The monoisotopic (exact) mass is 249 g/mol. The normalized spacial score (nSPS) is 25.8. The molecule has 76 valence electrons. The van der Waals surface area contributed by atoms with E-state index in [0.29, 0.717) is 6.61 Å². The van der Waals surface area contributed by atoms with E-state index in [2.05, 4.69) is 15.9 Å². The zero-order valence-electron chi connectivity index (χ0n) is 8.12. The second-order valence-corrected chi connectivity index (χ2v) is 4.45.